The molecule has 1 nitrogen and oxygen atoms in total. The maximum absolute atomic E-state index is 2.38. The molecule has 0 radical (unpaired) electrons. The molecule has 0 aromatic heterocycles. The van der Waals surface area contributed by atoms with Crippen LogP contribution in [-0.2, 0) is 0 Å². The van der Waals surface area contributed by atoms with Crippen LogP contribution in [0.2, 0.25) is 0 Å². The van der Waals surface area contributed by atoms with Gasteiger partial charge in [-0.15, -0.1) is 0 Å². The van der Waals surface area contributed by atoms with Crippen LogP contribution in [0.1, 0.15) is 16.7 Å². The van der Waals surface area contributed by atoms with E-state index in [1.807, 2.05) is 0 Å². The van der Waals surface area contributed by atoms with Gasteiger partial charge in [0.2, 0.25) is 0 Å². The molecular formula is C35H27N. The summed E-state index contributed by atoms with van der Waals surface area (Å²) in [5.74, 6) is 0. The lowest BCUT2D eigenvalue weighted by atomic mass is 9.78. The quantitative estimate of drug-likeness (QED) is 0.253. The molecule has 1 heteroatoms. The minimum absolute atomic E-state index is 1.17. The number of fused-ring (bicyclic) bond motifs is 6. The van der Waals surface area contributed by atoms with Crippen LogP contribution in [0.4, 0.5) is 17.1 Å². The number of hydrogen-bond donors (Lipinski definition) is 0. The summed E-state index contributed by atoms with van der Waals surface area (Å²) in [6, 6.07) is 40.2. The normalized spacial score (nSPS) is 11.8. The van der Waals surface area contributed by atoms with Crippen molar-refractivity contribution in [3.63, 3.8) is 0 Å². The van der Waals surface area contributed by atoms with Crippen molar-refractivity contribution < 1.29 is 0 Å². The molecule has 6 aromatic rings. The molecule has 1 aliphatic carbocycles. The Labute approximate surface area is 212 Å². The van der Waals surface area contributed by atoms with E-state index in [-0.39, 0.29) is 0 Å². The van der Waals surface area contributed by atoms with E-state index in [4.69, 9.17) is 0 Å². The smallest absolute Gasteiger partial charge is 0.0468 e. The van der Waals surface area contributed by atoms with E-state index in [1.54, 1.807) is 0 Å². The minimum Gasteiger partial charge on any atom is -0.310 e. The molecule has 0 amide bonds. The first kappa shape index (κ1) is 21.0. The van der Waals surface area contributed by atoms with E-state index in [2.05, 4.69) is 135 Å². The Morgan fingerprint density at radius 1 is 0.389 bits per heavy atom. The highest BCUT2D eigenvalue weighted by Crippen LogP contribution is 2.50. The fourth-order valence-corrected chi connectivity index (χ4v) is 5.66. The Morgan fingerprint density at radius 3 is 1.47 bits per heavy atom. The van der Waals surface area contributed by atoms with Crippen molar-refractivity contribution in [2.75, 3.05) is 4.90 Å². The van der Waals surface area contributed by atoms with Crippen LogP contribution in [0, 0.1) is 20.8 Å². The van der Waals surface area contributed by atoms with Crippen LogP contribution >= 0.6 is 0 Å². The number of benzene rings is 6. The fraction of sp³-hybridized carbons (Fsp3) is 0.0857. The Morgan fingerprint density at radius 2 is 0.889 bits per heavy atom. The van der Waals surface area contributed by atoms with Crippen LogP contribution in [0.5, 0.6) is 0 Å². The Hall–Kier alpha value is -4.36. The topological polar surface area (TPSA) is 3.24 Å². The number of para-hydroxylation sites is 1. The van der Waals surface area contributed by atoms with Crippen LogP contribution in [0.15, 0.2) is 109 Å². The minimum atomic E-state index is 1.17. The number of hydrogen-bond acceptors (Lipinski definition) is 1. The lowest BCUT2D eigenvalue weighted by Gasteiger charge is -2.28. The molecule has 0 spiro atoms. The molecule has 0 heterocycles. The summed E-state index contributed by atoms with van der Waals surface area (Å²) >= 11 is 0. The van der Waals surface area contributed by atoms with Crippen molar-refractivity contribution in [3.8, 4) is 22.3 Å². The second-order valence-electron chi connectivity index (χ2n) is 10.0. The number of rotatable bonds is 3. The van der Waals surface area contributed by atoms with Gasteiger partial charge < -0.3 is 4.90 Å². The average Bonchev–Trinajstić information content (AvgIpc) is 2.90. The first-order chi connectivity index (χ1) is 17.6. The molecule has 0 aliphatic heterocycles. The van der Waals surface area contributed by atoms with Gasteiger partial charge in [0, 0.05) is 17.1 Å². The number of aryl methyl sites for hydroxylation is 2. The summed E-state index contributed by atoms with van der Waals surface area (Å²) in [4.78, 5) is 2.37. The van der Waals surface area contributed by atoms with Crippen LogP contribution in [0.3, 0.4) is 0 Å². The molecule has 0 atom stereocenters. The lowest BCUT2D eigenvalue weighted by molar-refractivity contribution is 1.22. The maximum atomic E-state index is 2.38. The average molecular weight is 462 g/mol. The Balaban J connectivity index is 1.39. The summed E-state index contributed by atoms with van der Waals surface area (Å²) in [6.07, 6.45) is 0. The second kappa shape index (κ2) is 7.83. The predicted octanol–water partition coefficient (Wildman–Crippen LogP) is 10.0. The van der Waals surface area contributed by atoms with E-state index in [0.29, 0.717) is 0 Å². The van der Waals surface area contributed by atoms with Crippen molar-refractivity contribution in [1.29, 1.82) is 0 Å². The van der Waals surface area contributed by atoms with E-state index >= 15 is 0 Å². The summed E-state index contributed by atoms with van der Waals surface area (Å²) in [7, 11) is 0. The molecule has 0 fully saturated rings. The molecule has 0 saturated carbocycles. The molecule has 7 rings (SSSR count). The molecule has 172 valence electrons. The van der Waals surface area contributed by atoms with Gasteiger partial charge in [-0.05, 0) is 142 Å². The van der Waals surface area contributed by atoms with Crippen molar-refractivity contribution in [2.24, 2.45) is 0 Å². The summed E-state index contributed by atoms with van der Waals surface area (Å²) < 4.78 is 0. The lowest BCUT2D eigenvalue weighted by Crippen LogP contribution is -2.11. The molecule has 0 bridgehead atoms. The zero-order valence-electron chi connectivity index (χ0n) is 20.8. The largest absolute Gasteiger partial charge is 0.310 e. The van der Waals surface area contributed by atoms with E-state index < -0.39 is 0 Å². The monoisotopic (exact) mass is 461 g/mol. The van der Waals surface area contributed by atoms with E-state index in [1.165, 1.54) is 77.6 Å². The zero-order valence-corrected chi connectivity index (χ0v) is 20.8. The van der Waals surface area contributed by atoms with Crippen molar-refractivity contribution in [3.05, 3.63) is 126 Å². The third-order valence-corrected chi connectivity index (χ3v) is 7.87. The highest BCUT2D eigenvalue weighted by atomic mass is 15.1. The molecule has 0 saturated heterocycles. The van der Waals surface area contributed by atoms with Crippen molar-refractivity contribution >= 4 is 38.6 Å². The number of anilines is 3. The van der Waals surface area contributed by atoms with E-state index in [0.717, 1.165) is 0 Å². The van der Waals surface area contributed by atoms with Crippen LogP contribution < -0.4 is 4.90 Å². The Bertz CT molecular complexity index is 1790. The molecule has 6 aromatic carbocycles. The highest BCUT2D eigenvalue weighted by molar-refractivity contribution is 6.12. The predicted molar refractivity (Wildman–Crippen MR) is 155 cm³/mol. The standard InChI is InChI=1S/C35H27N/c1-22-15-31(16-23(2)24(22)3)36(29-11-5-4-6-12-29)30-14-13-27-20-34-32-18-25-9-7-8-10-26(25)19-33(32)35(34)21-28(27)17-30/h4-21H,1-3H3. The molecule has 1 aliphatic rings. The number of nitrogens with zero attached hydrogens (tertiary/aromatic N) is 1. The summed E-state index contributed by atoms with van der Waals surface area (Å²) in [6.45, 7) is 6.61. The van der Waals surface area contributed by atoms with Crippen LogP contribution in [-0.4, -0.2) is 0 Å². The second-order valence-corrected chi connectivity index (χ2v) is 10.0. The van der Waals surface area contributed by atoms with Gasteiger partial charge in [-0.3, -0.25) is 0 Å². The maximum Gasteiger partial charge on any atom is 0.0468 e. The first-order valence-corrected chi connectivity index (χ1v) is 12.6. The third kappa shape index (κ3) is 3.17. The summed E-state index contributed by atoms with van der Waals surface area (Å²) in [5.41, 5.74) is 13.0. The van der Waals surface area contributed by atoms with Gasteiger partial charge in [-0.1, -0.05) is 48.5 Å². The van der Waals surface area contributed by atoms with Gasteiger partial charge in [0.15, 0.2) is 0 Å². The molecule has 0 N–H and O–H groups in total. The fourth-order valence-electron chi connectivity index (χ4n) is 5.66. The highest BCUT2D eigenvalue weighted by Gasteiger charge is 2.24. The molecule has 0 unspecified atom stereocenters. The van der Waals surface area contributed by atoms with Crippen molar-refractivity contribution in [1.82, 2.24) is 0 Å². The van der Waals surface area contributed by atoms with Gasteiger partial charge in [0.25, 0.3) is 0 Å². The van der Waals surface area contributed by atoms with Crippen LogP contribution in [0.25, 0.3) is 43.8 Å². The first-order valence-electron chi connectivity index (χ1n) is 12.6. The van der Waals surface area contributed by atoms with Gasteiger partial charge in [-0.2, -0.15) is 0 Å². The third-order valence-electron chi connectivity index (χ3n) is 7.87. The molecular weight excluding hydrogens is 434 g/mol. The summed E-state index contributed by atoms with van der Waals surface area (Å²) in [5, 5.41) is 5.16. The molecule has 36 heavy (non-hydrogen) atoms. The van der Waals surface area contributed by atoms with Gasteiger partial charge >= 0.3 is 0 Å². The van der Waals surface area contributed by atoms with E-state index in [9.17, 15) is 0 Å². The van der Waals surface area contributed by atoms with Gasteiger partial charge in [0.05, 0.1) is 0 Å². The van der Waals surface area contributed by atoms with Gasteiger partial charge in [0.1, 0.15) is 0 Å². The van der Waals surface area contributed by atoms with Gasteiger partial charge in [-0.25, -0.2) is 0 Å². The van der Waals surface area contributed by atoms with Crippen molar-refractivity contribution in [2.45, 2.75) is 20.8 Å². The Kier molecular flexibility index (Phi) is 4.56. The zero-order chi connectivity index (χ0) is 24.4. The SMILES string of the molecule is Cc1cc(N(c2ccccc2)c2ccc3cc4c(cc3c2)-c2cc3ccccc3cc2-4)cc(C)c1C.